The van der Waals surface area contributed by atoms with Crippen molar-refractivity contribution in [1.29, 1.82) is 0 Å². The summed E-state index contributed by atoms with van der Waals surface area (Å²) in [7, 11) is 0. The minimum absolute atomic E-state index is 0.289. The highest BCUT2D eigenvalue weighted by Crippen LogP contribution is 2.34. The summed E-state index contributed by atoms with van der Waals surface area (Å²) in [6.07, 6.45) is -1.19. The minimum Gasteiger partial charge on any atom is -0.398 e. The monoisotopic (exact) mass is 241 g/mol. The summed E-state index contributed by atoms with van der Waals surface area (Å²) in [5, 5.41) is 0. The molecular formula is C11H10F3N3. The zero-order valence-corrected chi connectivity index (χ0v) is 8.99. The normalized spacial score (nSPS) is 11.8. The van der Waals surface area contributed by atoms with Gasteiger partial charge in [-0.05, 0) is 25.1 Å². The molecule has 0 amide bonds. The number of aromatic nitrogens is 2. The van der Waals surface area contributed by atoms with Crippen LogP contribution in [-0.4, -0.2) is 9.55 Å². The fraction of sp³-hybridized carbons (Fsp3) is 0.182. The first-order valence-electron chi connectivity index (χ1n) is 4.86. The lowest BCUT2D eigenvalue weighted by Crippen LogP contribution is -2.09. The molecule has 0 aliphatic carbocycles. The smallest absolute Gasteiger partial charge is 0.398 e. The Balaban J connectivity index is 2.49. The molecule has 6 heteroatoms. The van der Waals surface area contributed by atoms with E-state index in [0.717, 1.165) is 6.07 Å². The van der Waals surface area contributed by atoms with Crippen molar-refractivity contribution in [3.8, 4) is 5.69 Å². The van der Waals surface area contributed by atoms with E-state index in [1.165, 1.54) is 12.1 Å². The number of nitrogens with two attached hydrogens (primary N) is 1. The molecule has 0 saturated carbocycles. The Hall–Kier alpha value is -1.98. The fourth-order valence-corrected chi connectivity index (χ4v) is 1.61. The van der Waals surface area contributed by atoms with E-state index in [4.69, 9.17) is 5.73 Å². The molecule has 17 heavy (non-hydrogen) atoms. The van der Waals surface area contributed by atoms with Gasteiger partial charge in [-0.25, -0.2) is 4.98 Å². The van der Waals surface area contributed by atoms with Crippen molar-refractivity contribution in [1.82, 2.24) is 9.55 Å². The molecule has 2 N–H and O–H groups in total. The molecule has 90 valence electrons. The van der Waals surface area contributed by atoms with Gasteiger partial charge >= 0.3 is 6.18 Å². The summed E-state index contributed by atoms with van der Waals surface area (Å²) in [5.74, 6) is 0.684. The van der Waals surface area contributed by atoms with E-state index in [9.17, 15) is 13.2 Å². The summed E-state index contributed by atoms with van der Waals surface area (Å²) in [4.78, 5) is 3.99. The van der Waals surface area contributed by atoms with Crippen LogP contribution in [0.15, 0.2) is 30.6 Å². The van der Waals surface area contributed by atoms with Crippen molar-refractivity contribution in [2.45, 2.75) is 13.1 Å². The van der Waals surface area contributed by atoms with Crippen LogP contribution >= 0.6 is 0 Å². The van der Waals surface area contributed by atoms with Gasteiger partial charge in [0.1, 0.15) is 5.82 Å². The highest BCUT2D eigenvalue weighted by atomic mass is 19.4. The molecule has 2 aromatic rings. The lowest BCUT2D eigenvalue weighted by Gasteiger charge is -2.12. The van der Waals surface area contributed by atoms with Gasteiger partial charge in [-0.1, -0.05) is 0 Å². The molecule has 1 heterocycles. The van der Waals surface area contributed by atoms with Crippen molar-refractivity contribution in [3.63, 3.8) is 0 Å². The van der Waals surface area contributed by atoms with Crippen LogP contribution in [0.2, 0.25) is 0 Å². The number of rotatable bonds is 1. The van der Waals surface area contributed by atoms with Gasteiger partial charge in [0.2, 0.25) is 0 Å². The lowest BCUT2D eigenvalue weighted by atomic mass is 10.1. The molecule has 0 bridgehead atoms. The largest absolute Gasteiger partial charge is 0.418 e. The Morgan fingerprint density at radius 2 is 2.00 bits per heavy atom. The van der Waals surface area contributed by atoms with Crippen molar-refractivity contribution in [2.75, 3.05) is 5.73 Å². The molecule has 1 aromatic carbocycles. The molecule has 2 rings (SSSR count). The Labute approximate surface area is 95.7 Å². The van der Waals surface area contributed by atoms with E-state index in [-0.39, 0.29) is 5.69 Å². The van der Waals surface area contributed by atoms with Crippen LogP contribution in [0, 0.1) is 6.92 Å². The van der Waals surface area contributed by atoms with Crippen LogP contribution < -0.4 is 5.73 Å². The van der Waals surface area contributed by atoms with Crippen LogP contribution in [0.4, 0.5) is 18.9 Å². The first kappa shape index (κ1) is 11.5. The Morgan fingerprint density at radius 1 is 1.29 bits per heavy atom. The minimum atomic E-state index is -4.42. The molecule has 0 spiro atoms. The quantitative estimate of drug-likeness (QED) is 0.780. The third-order valence-corrected chi connectivity index (χ3v) is 2.44. The molecular weight excluding hydrogens is 231 g/mol. The molecule has 0 unspecified atom stereocenters. The highest BCUT2D eigenvalue weighted by Gasteiger charge is 2.32. The maximum Gasteiger partial charge on any atom is 0.418 e. The standard InChI is InChI=1S/C11H10F3N3/c1-7-16-4-5-17(7)8-2-3-9(10(15)6-8)11(12,13)14/h2-6H,15H2,1H3. The third-order valence-electron chi connectivity index (χ3n) is 2.44. The Kier molecular flexibility index (Phi) is 2.57. The topological polar surface area (TPSA) is 43.8 Å². The molecule has 3 nitrogen and oxygen atoms in total. The number of halogens is 3. The van der Waals surface area contributed by atoms with E-state index >= 15 is 0 Å². The van der Waals surface area contributed by atoms with Gasteiger partial charge in [-0.3, -0.25) is 0 Å². The number of imidazole rings is 1. The van der Waals surface area contributed by atoms with Crippen LogP contribution in [0.1, 0.15) is 11.4 Å². The first-order valence-corrected chi connectivity index (χ1v) is 4.86. The SMILES string of the molecule is Cc1nccn1-c1ccc(C(F)(F)F)c(N)c1. The number of benzene rings is 1. The number of nitrogen functional groups attached to an aromatic ring is 1. The molecule has 0 aliphatic heterocycles. The van der Waals surface area contributed by atoms with Gasteiger partial charge in [0.25, 0.3) is 0 Å². The number of hydrogen-bond donors (Lipinski definition) is 1. The molecule has 0 atom stereocenters. The maximum atomic E-state index is 12.5. The van der Waals surface area contributed by atoms with Crippen molar-refractivity contribution < 1.29 is 13.2 Å². The van der Waals surface area contributed by atoms with Crippen LogP contribution in [-0.2, 0) is 6.18 Å². The zero-order chi connectivity index (χ0) is 12.6. The first-order chi connectivity index (χ1) is 7.89. The second-order valence-corrected chi connectivity index (χ2v) is 3.61. The molecule has 1 aromatic heterocycles. The highest BCUT2D eigenvalue weighted by molar-refractivity contribution is 5.55. The number of hydrogen-bond acceptors (Lipinski definition) is 2. The average Bonchev–Trinajstić information content (AvgIpc) is 2.62. The number of nitrogens with zero attached hydrogens (tertiary/aromatic N) is 2. The van der Waals surface area contributed by atoms with Crippen LogP contribution in [0.3, 0.4) is 0 Å². The predicted octanol–water partition coefficient (Wildman–Crippen LogP) is 2.78. The molecule has 0 fully saturated rings. The summed E-state index contributed by atoms with van der Waals surface area (Å²) < 4.78 is 39.2. The average molecular weight is 241 g/mol. The van der Waals surface area contributed by atoms with Gasteiger partial charge in [0.05, 0.1) is 5.56 Å². The van der Waals surface area contributed by atoms with Crippen molar-refractivity contribution >= 4 is 5.69 Å². The van der Waals surface area contributed by atoms with Gasteiger partial charge in [-0.2, -0.15) is 13.2 Å². The maximum absolute atomic E-state index is 12.5. The van der Waals surface area contributed by atoms with Crippen LogP contribution in [0.25, 0.3) is 5.69 Å². The Morgan fingerprint density at radius 3 is 2.47 bits per heavy atom. The second-order valence-electron chi connectivity index (χ2n) is 3.61. The van der Waals surface area contributed by atoms with Gasteiger partial charge < -0.3 is 10.3 Å². The number of aryl methyl sites for hydroxylation is 1. The summed E-state index contributed by atoms with van der Waals surface area (Å²) >= 11 is 0. The Bertz CT molecular complexity index is 543. The molecule has 0 saturated heterocycles. The van der Waals surface area contributed by atoms with E-state index in [2.05, 4.69) is 4.98 Å². The van der Waals surface area contributed by atoms with Crippen molar-refractivity contribution in [3.05, 3.63) is 42.0 Å². The van der Waals surface area contributed by atoms with Crippen molar-refractivity contribution in [2.24, 2.45) is 0 Å². The lowest BCUT2D eigenvalue weighted by molar-refractivity contribution is -0.136. The summed E-state index contributed by atoms with van der Waals surface area (Å²) in [6.45, 7) is 1.76. The zero-order valence-electron chi connectivity index (χ0n) is 8.99. The van der Waals surface area contributed by atoms with E-state index in [0.29, 0.717) is 11.5 Å². The van der Waals surface area contributed by atoms with E-state index in [1.54, 1.807) is 23.9 Å². The van der Waals surface area contributed by atoms with E-state index < -0.39 is 11.7 Å². The van der Waals surface area contributed by atoms with Gasteiger partial charge in [-0.15, -0.1) is 0 Å². The summed E-state index contributed by atoms with van der Waals surface area (Å²) in [6, 6.07) is 3.63. The number of anilines is 1. The van der Waals surface area contributed by atoms with Gasteiger partial charge in [0, 0.05) is 23.8 Å². The number of alkyl halides is 3. The predicted molar refractivity (Wildman–Crippen MR) is 57.7 cm³/mol. The van der Waals surface area contributed by atoms with Crippen LogP contribution in [0.5, 0.6) is 0 Å². The molecule has 0 aliphatic rings. The summed E-state index contributed by atoms with van der Waals surface area (Å²) in [5.41, 5.74) is 4.86. The van der Waals surface area contributed by atoms with Gasteiger partial charge in [0.15, 0.2) is 0 Å². The van der Waals surface area contributed by atoms with E-state index in [1.807, 2.05) is 0 Å². The molecule has 0 radical (unpaired) electrons. The third kappa shape index (κ3) is 2.11. The fourth-order valence-electron chi connectivity index (χ4n) is 1.61. The second kappa shape index (κ2) is 3.80.